The molecule has 0 aliphatic carbocycles. The molecule has 0 spiro atoms. The predicted octanol–water partition coefficient (Wildman–Crippen LogP) is 0.367. The number of carbonyl (C=O) groups excluding carboxylic acids is 2. The first-order chi connectivity index (χ1) is 8.47. The summed E-state index contributed by atoms with van der Waals surface area (Å²) >= 11 is 0. The Balaban J connectivity index is 2.43. The minimum absolute atomic E-state index is 0.0664. The Morgan fingerprint density at radius 3 is 2.78 bits per heavy atom. The average Bonchev–Trinajstić information content (AvgIpc) is 2.59. The predicted molar refractivity (Wildman–Crippen MR) is 64.9 cm³/mol. The number of hydrogen-bond acceptors (Lipinski definition) is 4. The van der Waals surface area contributed by atoms with E-state index in [1.165, 1.54) is 4.90 Å². The molecule has 0 aromatic heterocycles. The van der Waals surface area contributed by atoms with E-state index in [1.54, 1.807) is 0 Å². The molecule has 2 amide bonds. The van der Waals surface area contributed by atoms with Crippen molar-refractivity contribution in [1.82, 2.24) is 10.2 Å². The molecule has 2 atom stereocenters. The Hall–Kier alpha value is -1.43. The van der Waals surface area contributed by atoms with Crippen LogP contribution in [0.3, 0.4) is 0 Å². The number of carboxylic acid groups (broad SMARTS) is 1. The van der Waals surface area contributed by atoms with Gasteiger partial charge in [0.25, 0.3) is 0 Å². The van der Waals surface area contributed by atoms with Crippen molar-refractivity contribution >= 4 is 17.8 Å². The molecule has 0 aromatic carbocycles. The van der Waals surface area contributed by atoms with Crippen LogP contribution in [-0.4, -0.2) is 46.4 Å². The zero-order valence-corrected chi connectivity index (χ0v) is 10.8. The molecule has 1 fully saturated rings. The van der Waals surface area contributed by atoms with Crippen LogP contribution in [0.4, 0.5) is 0 Å². The van der Waals surface area contributed by atoms with Gasteiger partial charge in [-0.1, -0.05) is 6.92 Å². The van der Waals surface area contributed by atoms with E-state index < -0.39 is 12.0 Å². The lowest BCUT2D eigenvalue weighted by molar-refractivity contribution is -0.141. The third-order valence-electron chi connectivity index (χ3n) is 3.17. The van der Waals surface area contributed by atoms with Crippen molar-refractivity contribution in [3.63, 3.8) is 0 Å². The second-order valence-corrected chi connectivity index (χ2v) is 4.57. The number of carboxylic acids is 1. The molecule has 1 rings (SSSR count). The Morgan fingerprint density at radius 2 is 2.22 bits per heavy atom. The van der Waals surface area contributed by atoms with Crippen LogP contribution < -0.4 is 5.32 Å². The Labute approximate surface area is 106 Å². The monoisotopic (exact) mass is 256 g/mol. The molecule has 6 nitrogen and oxygen atoms in total. The lowest BCUT2D eigenvalue weighted by Crippen LogP contribution is -2.42. The smallest absolute Gasteiger partial charge is 0.303 e. The molecule has 6 heteroatoms. The summed E-state index contributed by atoms with van der Waals surface area (Å²) < 4.78 is 0. The fraction of sp³-hybridized carbons (Fsp3) is 0.750. The van der Waals surface area contributed by atoms with E-state index in [0.29, 0.717) is 13.0 Å². The lowest BCUT2D eigenvalue weighted by Gasteiger charge is -2.21. The number of likely N-dealkylation sites (tertiary alicyclic amines) is 1. The Bertz CT molecular complexity index is 343. The molecule has 18 heavy (non-hydrogen) atoms. The third kappa shape index (κ3) is 3.53. The van der Waals surface area contributed by atoms with Gasteiger partial charge in [-0.2, -0.15) is 0 Å². The van der Waals surface area contributed by atoms with Crippen LogP contribution in [0.25, 0.3) is 0 Å². The molecule has 0 bridgehead atoms. The highest BCUT2D eigenvalue weighted by Gasteiger charge is 2.40. The van der Waals surface area contributed by atoms with Gasteiger partial charge >= 0.3 is 5.97 Å². The number of amides is 2. The van der Waals surface area contributed by atoms with E-state index in [1.807, 2.05) is 13.8 Å². The number of rotatable bonds is 7. The normalized spacial score (nSPS) is 21.4. The molecule has 1 aliphatic rings. The fourth-order valence-electron chi connectivity index (χ4n) is 1.97. The van der Waals surface area contributed by atoms with Gasteiger partial charge in [-0.05, 0) is 26.3 Å². The summed E-state index contributed by atoms with van der Waals surface area (Å²) in [6, 6.07) is -0.559. The number of hydrogen-bond donors (Lipinski definition) is 2. The largest absolute Gasteiger partial charge is 0.481 e. The third-order valence-corrected chi connectivity index (χ3v) is 3.17. The van der Waals surface area contributed by atoms with E-state index in [0.717, 1.165) is 6.42 Å². The second-order valence-electron chi connectivity index (χ2n) is 4.57. The van der Waals surface area contributed by atoms with Gasteiger partial charge in [0.15, 0.2) is 0 Å². The molecule has 1 aliphatic heterocycles. The van der Waals surface area contributed by atoms with Crippen LogP contribution in [-0.2, 0) is 14.4 Å². The first-order valence-corrected chi connectivity index (χ1v) is 6.28. The molecule has 2 unspecified atom stereocenters. The van der Waals surface area contributed by atoms with Crippen molar-refractivity contribution < 1.29 is 19.5 Å². The van der Waals surface area contributed by atoms with Crippen LogP contribution in [0, 0.1) is 0 Å². The molecule has 0 aromatic rings. The van der Waals surface area contributed by atoms with Crippen molar-refractivity contribution in [3.8, 4) is 0 Å². The summed E-state index contributed by atoms with van der Waals surface area (Å²) in [4.78, 5) is 35.3. The summed E-state index contributed by atoms with van der Waals surface area (Å²) in [5, 5.41) is 11.4. The summed E-state index contributed by atoms with van der Waals surface area (Å²) in [6.07, 6.45) is 1.44. The van der Waals surface area contributed by atoms with Gasteiger partial charge < -0.3 is 10.4 Å². The van der Waals surface area contributed by atoms with E-state index in [9.17, 15) is 14.4 Å². The molecule has 0 saturated carbocycles. The maximum Gasteiger partial charge on any atom is 0.303 e. The molecule has 1 heterocycles. The summed E-state index contributed by atoms with van der Waals surface area (Å²) in [6.45, 7) is 4.21. The molecule has 1 saturated heterocycles. The van der Waals surface area contributed by atoms with Gasteiger partial charge in [-0.3, -0.25) is 19.3 Å². The molecule has 102 valence electrons. The van der Waals surface area contributed by atoms with Gasteiger partial charge in [0, 0.05) is 12.5 Å². The summed E-state index contributed by atoms with van der Waals surface area (Å²) in [5.41, 5.74) is 0. The first-order valence-electron chi connectivity index (χ1n) is 6.28. The number of aliphatic carboxylic acids is 1. The molecular weight excluding hydrogens is 236 g/mol. The van der Waals surface area contributed by atoms with Crippen molar-refractivity contribution in [2.45, 2.75) is 51.6 Å². The Kier molecular flexibility index (Phi) is 5.27. The minimum Gasteiger partial charge on any atom is -0.481 e. The maximum atomic E-state index is 12.0. The van der Waals surface area contributed by atoms with Crippen molar-refractivity contribution in [3.05, 3.63) is 0 Å². The van der Waals surface area contributed by atoms with Crippen LogP contribution >= 0.6 is 0 Å². The second kappa shape index (κ2) is 6.49. The van der Waals surface area contributed by atoms with E-state index in [-0.39, 0.29) is 30.7 Å². The standard InChI is InChI=1S/C12H20N2O4/c1-3-8(2)14-10(15)7-9(12(14)18)13-6-4-5-11(16)17/h8-9,13H,3-7H2,1-2H3,(H,16,17). The minimum atomic E-state index is -0.855. The zero-order valence-electron chi connectivity index (χ0n) is 10.8. The maximum absolute atomic E-state index is 12.0. The van der Waals surface area contributed by atoms with Crippen LogP contribution in [0.5, 0.6) is 0 Å². The summed E-state index contributed by atoms with van der Waals surface area (Å²) in [5.74, 6) is -1.19. The van der Waals surface area contributed by atoms with Crippen LogP contribution in [0.2, 0.25) is 0 Å². The highest BCUT2D eigenvalue weighted by molar-refractivity contribution is 6.05. The highest BCUT2D eigenvalue weighted by atomic mass is 16.4. The highest BCUT2D eigenvalue weighted by Crippen LogP contribution is 2.17. The summed E-state index contributed by atoms with van der Waals surface area (Å²) in [7, 11) is 0. The van der Waals surface area contributed by atoms with E-state index in [2.05, 4.69) is 5.32 Å². The van der Waals surface area contributed by atoms with Gasteiger partial charge in [0.05, 0.1) is 12.5 Å². The molecular formula is C12H20N2O4. The van der Waals surface area contributed by atoms with E-state index in [4.69, 9.17) is 5.11 Å². The number of nitrogens with zero attached hydrogens (tertiary/aromatic N) is 1. The molecule has 0 radical (unpaired) electrons. The van der Waals surface area contributed by atoms with Gasteiger partial charge in [0.1, 0.15) is 0 Å². The van der Waals surface area contributed by atoms with Crippen molar-refractivity contribution in [2.24, 2.45) is 0 Å². The zero-order chi connectivity index (χ0) is 13.7. The first kappa shape index (κ1) is 14.6. The SMILES string of the molecule is CCC(C)N1C(=O)CC(NCCCC(=O)O)C1=O. The van der Waals surface area contributed by atoms with Crippen LogP contribution in [0.1, 0.15) is 39.5 Å². The van der Waals surface area contributed by atoms with Gasteiger partial charge in [-0.25, -0.2) is 0 Å². The number of carbonyl (C=O) groups is 3. The lowest BCUT2D eigenvalue weighted by atomic mass is 10.2. The van der Waals surface area contributed by atoms with Crippen molar-refractivity contribution in [1.29, 1.82) is 0 Å². The Morgan fingerprint density at radius 1 is 1.56 bits per heavy atom. The van der Waals surface area contributed by atoms with Crippen molar-refractivity contribution in [2.75, 3.05) is 6.54 Å². The quantitative estimate of drug-likeness (QED) is 0.507. The number of imide groups is 1. The topological polar surface area (TPSA) is 86.7 Å². The average molecular weight is 256 g/mol. The molecule has 2 N–H and O–H groups in total. The van der Waals surface area contributed by atoms with Gasteiger partial charge in [-0.15, -0.1) is 0 Å². The number of nitrogens with one attached hydrogen (secondary N) is 1. The van der Waals surface area contributed by atoms with E-state index >= 15 is 0 Å². The van der Waals surface area contributed by atoms with Gasteiger partial charge in [0.2, 0.25) is 11.8 Å². The fourth-order valence-corrected chi connectivity index (χ4v) is 1.97. The van der Waals surface area contributed by atoms with Crippen LogP contribution in [0.15, 0.2) is 0 Å².